The summed E-state index contributed by atoms with van der Waals surface area (Å²) in [5, 5.41) is 3.00. The number of piperazine rings is 1. The number of aromatic nitrogens is 1. The van der Waals surface area contributed by atoms with Crippen LogP contribution in [-0.4, -0.2) is 51.9 Å². The lowest BCUT2D eigenvalue weighted by Crippen LogP contribution is -2.55. The first-order valence-electron chi connectivity index (χ1n) is 11.4. The van der Waals surface area contributed by atoms with Crippen molar-refractivity contribution < 1.29 is 14.0 Å². The van der Waals surface area contributed by atoms with E-state index in [1.54, 1.807) is 17.4 Å². The summed E-state index contributed by atoms with van der Waals surface area (Å²) in [5.74, 6) is -0.342. The minimum atomic E-state index is -0.289. The van der Waals surface area contributed by atoms with Crippen LogP contribution in [-0.2, 0) is 6.54 Å². The molecule has 2 aromatic carbocycles. The van der Waals surface area contributed by atoms with Crippen molar-refractivity contribution >= 4 is 33.4 Å². The van der Waals surface area contributed by atoms with Crippen molar-refractivity contribution in [3.05, 3.63) is 94.2 Å². The SMILES string of the molecule is Cc1ccccc1C(=O)N1CCN(C(=O)c2cc3ccsc3n2Cc2cccc(F)c2)CC1C. The molecular weight excluding hydrogens is 449 g/mol. The summed E-state index contributed by atoms with van der Waals surface area (Å²) in [6.07, 6.45) is 0. The molecule has 0 radical (unpaired) electrons. The number of aryl methyl sites for hydroxylation is 1. The Morgan fingerprint density at radius 1 is 1.03 bits per heavy atom. The van der Waals surface area contributed by atoms with E-state index in [1.165, 1.54) is 12.1 Å². The van der Waals surface area contributed by atoms with Crippen molar-refractivity contribution in [1.82, 2.24) is 14.4 Å². The first kappa shape index (κ1) is 22.3. The van der Waals surface area contributed by atoms with Gasteiger partial charge in [0.05, 0.1) is 0 Å². The van der Waals surface area contributed by atoms with Gasteiger partial charge < -0.3 is 14.4 Å². The highest BCUT2D eigenvalue weighted by Gasteiger charge is 2.32. The van der Waals surface area contributed by atoms with Crippen molar-refractivity contribution in [1.29, 1.82) is 0 Å². The van der Waals surface area contributed by atoms with E-state index in [1.807, 2.05) is 76.1 Å². The highest BCUT2D eigenvalue weighted by molar-refractivity contribution is 7.16. The fourth-order valence-electron chi connectivity index (χ4n) is 4.70. The predicted octanol–water partition coefficient (Wildman–Crippen LogP) is 5.19. The zero-order valence-electron chi connectivity index (χ0n) is 19.2. The van der Waals surface area contributed by atoms with Crippen molar-refractivity contribution in [3.63, 3.8) is 0 Å². The van der Waals surface area contributed by atoms with Crippen LogP contribution in [0.1, 0.15) is 38.9 Å². The van der Waals surface area contributed by atoms with Crippen LogP contribution in [0.2, 0.25) is 0 Å². The van der Waals surface area contributed by atoms with Crippen LogP contribution in [0, 0.1) is 12.7 Å². The van der Waals surface area contributed by atoms with Gasteiger partial charge in [-0.05, 0) is 60.7 Å². The predicted molar refractivity (Wildman–Crippen MR) is 133 cm³/mol. The van der Waals surface area contributed by atoms with Crippen LogP contribution in [0.15, 0.2) is 66.0 Å². The van der Waals surface area contributed by atoms with Gasteiger partial charge in [0.2, 0.25) is 0 Å². The number of hydrogen-bond donors (Lipinski definition) is 0. The van der Waals surface area contributed by atoms with E-state index >= 15 is 0 Å². The summed E-state index contributed by atoms with van der Waals surface area (Å²) in [5.41, 5.74) is 3.06. The van der Waals surface area contributed by atoms with Crippen LogP contribution in [0.3, 0.4) is 0 Å². The van der Waals surface area contributed by atoms with E-state index in [0.717, 1.165) is 21.3 Å². The van der Waals surface area contributed by atoms with Crippen LogP contribution >= 0.6 is 11.3 Å². The van der Waals surface area contributed by atoms with Crippen molar-refractivity contribution in [2.45, 2.75) is 26.4 Å². The molecule has 5 nitrogen and oxygen atoms in total. The monoisotopic (exact) mass is 475 g/mol. The molecule has 174 valence electrons. The van der Waals surface area contributed by atoms with Gasteiger partial charge in [0.15, 0.2) is 0 Å². The first-order valence-corrected chi connectivity index (χ1v) is 12.3. The van der Waals surface area contributed by atoms with E-state index in [2.05, 4.69) is 0 Å². The normalized spacial score (nSPS) is 16.3. The number of nitrogens with zero attached hydrogens (tertiary/aromatic N) is 3. The molecule has 7 heteroatoms. The second kappa shape index (κ2) is 9.06. The summed E-state index contributed by atoms with van der Waals surface area (Å²) < 4.78 is 15.8. The Hall–Kier alpha value is -3.45. The lowest BCUT2D eigenvalue weighted by molar-refractivity contribution is 0.0409. The third kappa shape index (κ3) is 4.12. The number of carbonyl (C=O) groups is 2. The maximum Gasteiger partial charge on any atom is 0.270 e. The third-order valence-electron chi connectivity index (χ3n) is 6.50. The largest absolute Gasteiger partial charge is 0.334 e. The molecule has 34 heavy (non-hydrogen) atoms. The number of fused-ring (bicyclic) bond motifs is 1. The second-order valence-electron chi connectivity index (χ2n) is 8.84. The Bertz CT molecular complexity index is 1380. The zero-order valence-corrected chi connectivity index (χ0v) is 20.0. The molecule has 3 heterocycles. The van der Waals surface area contributed by atoms with Crippen LogP contribution in [0.5, 0.6) is 0 Å². The Kier molecular flexibility index (Phi) is 5.96. The molecule has 2 amide bonds. The number of benzene rings is 2. The van der Waals surface area contributed by atoms with Crippen LogP contribution in [0.4, 0.5) is 4.39 Å². The van der Waals surface area contributed by atoms with Crippen LogP contribution < -0.4 is 0 Å². The summed E-state index contributed by atoms with van der Waals surface area (Å²) >= 11 is 1.57. The molecule has 5 rings (SSSR count). The maximum absolute atomic E-state index is 13.8. The molecule has 0 spiro atoms. The van der Waals surface area contributed by atoms with Gasteiger partial charge in [-0.2, -0.15) is 0 Å². The molecule has 1 atom stereocenters. The van der Waals surface area contributed by atoms with Gasteiger partial charge in [-0.3, -0.25) is 9.59 Å². The lowest BCUT2D eigenvalue weighted by Gasteiger charge is -2.40. The molecule has 1 aliphatic heterocycles. The van der Waals surface area contributed by atoms with Crippen molar-refractivity contribution in [2.75, 3.05) is 19.6 Å². The van der Waals surface area contributed by atoms with Crippen molar-refractivity contribution in [3.8, 4) is 0 Å². The Labute approximate surface area is 202 Å². The second-order valence-corrected chi connectivity index (χ2v) is 9.73. The zero-order chi connectivity index (χ0) is 23.8. The maximum atomic E-state index is 13.8. The Morgan fingerprint density at radius 2 is 1.85 bits per heavy atom. The van der Waals surface area contributed by atoms with Gasteiger partial charge in [0.25, 0.3) is 11.8 Å². The Morgan fingerprint density at radius 3 is 2.62 bits per heavy atom. The number of rotatable bonds is 4. The van der Waals surface area contributed by atoms with Crippen LogP contribution in [0.25, 0.3) is 10.2 Å². The smallest absolute Gasteiger partial charge is 0.270 e. The van der Waals surface area contributed by atoms with Crippen molar-refractivity contribution in [2.24, 2.45) is 0 Å². The summed E-state index contributed by atoms with van der Waals surface area (Å²) in [7, 11) is 0. The standard InChI is InChI=1S/C27H26FN3O2S/c1-18-6-3-4-9-23(18)25(32)30-12-11-29(16-19(30)2)26(33)24-15-21-10-13-34-27(21)31(24)17-20-7-5-8-22(28)14-20/h3-10,13-15,19H,11-12,16-17H2,1-2H3. The topological polar surface area (TPSA) is 45.6 Å². The average molecular weight is 476 g/mol. The minimum absolute atomic E-state index is 0.00712. The fraction of sp³-hybridized carbons (Fsp3) is 0.259. The molecule has 1 fully saturated rings. The molecule has 4 aromatic rings. The molecule has 2 aromatic heterocycles. The van der Waals surface area contributed by atoms with E-state index in [9.17, 15) is 14.0 Å². The van der Waals surface area contributed by atoms with Gasteiger partial charge in [-0.15, -0.1) is 11.3 Å². The fourth-order valence-corrected chi connectivity index (χ4v) is 5.60. The van der Waals surface area contributed by atoms with E-state index < -0.39 is 0 Å². The number of thiophene rings is 1. The molecule has 0 bridgehead atoms. The third-order valence-corrected chi connectivity index (χ3v) is 7.45. The average Bonchev–Trinajstić information content (AvgIpc) is 3.41. The van der Waals surface area contributed by atoms with Gasteiger partial charge in [-0.25, -0.2) is 4.39 Å². The molecule has 1 saturated heterocycles. The summed E-state index contributed by atoms with van der Waals surface area (Å²) in [6, 6.07) is 17.9. The molecular formula is C27H26FN3O2S. The lowest BCUT2D eigenvalue weighted by atomic mass is 10.1. The first-order chi connectivity index (χ1) is 16.4. The number of hydrogen-bond acceptors (Lipinski definition) is 3. The molecule has 0 N–H and O–H groups in total. The van der Waals surface area contributed by atoms with Gasteiger partial charge in [-0.1, -0.05) is 30.3 Å². The van der Waals surface area contributed by atoms with E-state index in [-0.39, 0.29) is 23.7 Å². The minimum Gasteiger partial charge on any atom is -0.334 e. The van der Waals surface area contributed by atoms with Gasteiger partial charge >= 0.3 is 0 Å². The highest BCUT2D eigenvalue weighted by Crippen LogP contribution is 2.28. The highest BCUT2D eigenvalue weighted by atomic mass is 32.1. The molecule has 1 unspecified atom stereocenters. The Balaban J connectivity index is 1.37. The summed E-state index contributed by atoms with van der Waals surface area (Å²) in [4.78, 5) is 31.4. The number of carbonyl (C=O) groups excluding carboxylic acids is 2. The van der Waals surface area contributed by atoms with E-state index in [0.29, 0.717) is 37.4 Å². The molecule has 1 aliphatic rings. The number of halogens is 1. The van der Waals surface area contributed by atoms with E-state index in [4.69, 9.17) is 0 Å². The number of amides is 2. The quantitative estimate of drug-likeness (QED) is 0.408. The van der Waals surface area contributed by atoms with Gasteiger partial charge in [0.1, 0.15) is 16.3 Å². The molecule has 0 aliphatic carbocycles. The van der Waals surface area contributed by atoms with Gasteiger partial charge in [0, 0.05) is 43.2 Å². The molecule has 0 saturated carbocycles. The summed E-state index contributed by atoms with van der Waals surface area (Å²) in [6.45, 7) is 5.77.